The van der Waals surface area contributed by atoms with Crippen LogP contribution >= 0.6 is 15.9 Å². The lowest BCUT2D eigenvalue weighted by molar-refractivity contribution is -0.137. The number of rotatable bonds is 9. The van der Waals surface area contributed by atoms with E-state index in [1.165, 1.54) is 18.3 Å². The molecule has 43 heavy (non-hydrogen) atoms. The number of alkyl carbamates (subject to hydrolysis) is 1. The summed E-state index contributed by atoms with van der Waals surface area (Å²) in [5.41, 5.74) is -1.30. The van der Waals surface area contributed by atoms with Crippen LogP contribution in [0.15, 0.2) is 29.0 Å². The number of unbranched alkanes of at least 4 members (excludes halogenated alkanes) is 1. The number of benzene rings is 1. The molecular formula is C29H36BrF3N6O4. The minimum absolute atomic E-state index is 0.0146. The summed E-state index contributed by atoms with van der Waals surface area (Å²) in [5.74, 6) is -1.07. The van der Waals surface area contributed by atoms with E-state index in [-0.39, 0.29) is 33.3 Å². The van der Waals surface area contributed by atoms with E-state index in [1.54, 1.807) is 0 Å². The largest absolute Gasteiger partial charge is 0.478 e. The van der Waals surface area contributed by atoms with Crippen LogP contribution in [0.5, 0.6) is 0 Å². The molecule has 1 aliphatic rings. The van der Waals surface area contributed by atoms with E-state index in [4.69, 9.17) is 4.74 Å². The average molecular weight is 670 g/mol. The van der Waals surface area contributed by atoms with E-state index in [1.807, 2.05) is 20.8 Å². The number of nitrogens with zero attached hydrogens (tertiary/aromatic N) is 3. The zero-order chi connectivity index (χ0) is 31.4. The number of fused-ring (bicyclic) bond motifs is 1. The molecule has 4 N–H and O–H groups in total. The highest BCUT2D eigenvalue weighted by Gasteiger charge is 2.36. The van der Waals surface area contributed by atoms with Crippen molar-refractivity contribution in [1.29, 1.82) is 0 Å². The summed E-state index contributed by atoms with van der Waals surface area (Å²) < 4.78 is 47.6. The Kier molecular flexibility index (Phi) is 10.2. The Balaban J connectivity index is 1.46. The van der Waals surface area contributed by atoms with Crippen LogP contribution < -0.4 is 10.6 Å². The first-order valence-electron chi connectivity index (χ1n) is 14.2. The van der Waals surface area contributed by atoms with Crippen molar-refractivity contribution in [2.75, 3.05) is 31.5 Å². The molecule has 0 saturated carbocycles. The number of aromatic nitrogens is 3. The third-order valence-corrected chi connectivity index (χ3v) is 7.85. The van der Waals surface area contributed by atoms with E-state index in [2.05, 4.69) is 46.4 Å². The number of nitrogens with one attached hydrogen (secondary N) is 3. The summed E-state index contributed by atoms with van der Waals surface area (Å²) in [4.78, 5) is 36.9. The van der Waals surface area contributed by atoms with Crippen molar-refractivity contribution in [3.8, 4) is 11.3 Å². The number of carboxylic acid groups (broad SMARTS) is 1. The third-order valence-electron chi connectivity index (χ3n) is 7.03. The van der Waals surface area contributed by atoms with Gasteiger partial charge < -0.3 is 30.4 Å². The van der Waals surface area contributed by atoms with Crippen LogP contribution in [0.4, 0.5) is 23.9 Å². The summed E-state index contributed by atoms with van der Waals surface area (Å²) in [6.45, 7) is 8.34. The normalized spacial score (nSPS) is 16.6. The number of aromatic carboxylic acids is 1. The Morgan fingerprint density at radius 1 is 1.21 bits per heavy atom. The van der Waals surface area contributed by atoms with Gasteiger partial charge in [0.1, 0.15) is 11.2 Å². The number of carbonyl (C=O) groups is 2. The lowest BCUT2D eigenvalue weighted by atomic mass is 10.0. The molecule has 1 atom stereocenters. The molecule has 0 radical (unpaired) electrons. The van der Waals surface area contributed by atoms with Crippen molar-refractivity contribution in [2.45, 2.75) is 70.7 Å². The summed E-state index contributed by atoms with van der Waals surface area (Å²) in [6, 6.07) is 2.74. The molecule has 1 aliphatic heterocycles. The van der Waals surface area contributed by atoms with Gasteiger partial charge in [-0.3, -0.25) is 0 Å². The van der Waals surface area contributed by atoms with E-state index in [0.29, 0.717) is 24.0 Å². The van der Waals surface area contributed by atoms with E-state index >= 15 is 0 Å². The van der Waals surface area contributed by atoms with Gasteiger partial charge in [0.2, 0.25) is 5.95 Å². The smallest absolute Gasteiger partial charge is 0.419 e. The maximum atomic E-state index is 14.0. The van der Waals surface area contributed by atoms with Gasteiger partial charge in [-0.25, -0.2) is 19.6 Å². The number of carbonyl (C=O) groups excluding carboxylic acids is 1. The molecule has 3 heterocycles. The number of anilines is 1. The fraction of sp³-hybridized carbons (Fsp3) is 0.517. The molecule has 0 bridgehead atoms. The van der Waals surface area contributed by atoms with Crippen molar-refractivity contribution < 1.29 is 32.6 Å². The molecule has 1 amide bonds. The number of carboxylic acids is 1. The summed E-state index contributed by atoms with van der Waals surface area (Å²) >= 11 is 3.25. The van der Waals surface area contributed by atoms with Gasteiger partial charge >= 0.3 is 18.2 Å². The monoisotopic (exact) mass is 668 g/mol. The SMILES string of the molecule is CC(C)(C)OC(=O)NCCCCN1CCCC[C@H](Nc2ncc(C(F)(F)F)c(-c3c[nH]c4c(Br)c(C(=O)O)ccc34)n2)C1. The van der Waals surface area contributed by atoms with E-state index in [0.717, 1.165) is 51.4 Å². The van der Waals surface area contributed by atoms with Crippen LogP contribution in [0.3, 0.4) is 0 Å². The van der Waals surface area contributed by atoms with Crippen molar-refractivity contribution in [1.82, 2.24) is 25.2 Å². The van der Waals surface area contributed by atoms with Crippen LogP contribution in [0.25, 0.3) is 22.2 Å². The number of aromatic amines is 1. The Bertz CT molecular complexity index is 1460. The second-order valence-corrected chi connectivity index (χ2v) is 12.4. The Hall–Kier alpha value is -3.39. The fourth-order valence-electron chi connectivity index (χ4n) is 5.08. The predicted octanol–water partition coefficient (Wildman–Crippen LogP) is 6.68. The Morgan fingerprint density at radius 2 is 1.98 bits per heavy atom. The number of H-pyrrole nitrogens is 1. The van der Waals surface area contributed by atoms with Gasteiger partial charge in [-0.15, -0.1) is 0 Å². The van der Waals surface area contributed by atoms with Gasteiger partial charge in [-0.2, -0.15) is 13.2 Å². The molecule has 3 aromatic rings. The fourth-order valence-corrected chi connectivity index (χ4v) is 5.71. The first-order chi connectivity index (χ1) is 20.2. The molecule has 1 aromatic carbocycles. The van der Waals surface area contributed by atoms with Crippen molar-refractivity contribution in [2.24, 2.45) is 0 Å². The van der Waals surface area contributed by atoms with Gasteiger partial charge in [0.05, 0.1) is 21.2 Å². The first-order valence-corrected chi connectivity index (χ1v) is 15.0. The molecule has 1 fully saturated rings. The minimum atomic E-state index is -4.70. The van der Waals surface area contributed by atoms with Crippen LogP contribution in [0, 0.1) is 0 Å². The Morgan fingerprint density at radius 3 is 2.67 bits per heavy atom. The van der Waals surface area contributed by atoms with Gasteiger partial charge in [-0.05, 0) is 81.5 Å². The maximum absolute atomic E-state index is 14.0. The van der Waals surface area contributed by atoms with Crippen molar-refractivity contribution in [3.63, 3.8) is 0 Å². The van der Waals surface area contributed by atoms with Crippen LogP contribution in [-0.2, 0) is 10.9 Å². The molecule has 234 valence electrons. The molecule has 2 aromatic heterocycles. The maximum Gasteiger partial charge on any atom is 0.419 e. The number of hydrogen-bond acceptors (Lipinski definition) is 7. The zero-order valence-electron chi connectivity index (χ0n) is 24.3. The van der Waals surface area contributed by atoms with E-state index < -0.39 is 29.4 Å². The number of hydrogen-bond donors (Lipinski definition) is 4. The number of halogens is 4. The quantitative estimate of drug-likeness (QED) is 0.186. The molecule has 4 rings (SSSR count). The standard InChI is InChI=1S/C29H36BrF3N6O4/c1-28(2,3)43-27(42)34-11-5-7-13-39-12-6-4-8-17(16-39)37-26-36-15-21(29(31,32)33)23(38-26)20-14-35-24-18(20)9-10-19(22(24)30)25(40)41/h9-10,14-15,17,35H,4-8,11-13,16H2,1-3H3,(H,34,42)(H,40,41)(H,36,37,38)/t17-/m0/s1. The molecule has 10 nitrogen and oxygen atoms in total. The summed E-state index contributed by atoms with van der Waals surface area (Å²) in [6.07, 6.45) is 1.45. The second kappa shape index (κ2) is 13.5. The predicted molar refractivity (Wildman–Crippen MR) is 160 cm³/mol. The highest BCUT2D eigenvalue weighted by Crippen LogP contribution is 2.40. The highest BCUT2D eigenvalue weighted by atomic mass is 79.9. The van der Waals surface area contributed by atoms with E-state index in [9.17, 15) is 27.9 Å². The molecule has 0 aliphatic carbocycles. The van der Waals surface area contributed by atoms with Crippen LogP contribution in [-0.4, -0.2) is 74.8 Å². The van der Waals surface area contributed by atoms with Crippen LogP contribution in [0.2, 0.25) is 0 Å². The zero-order valence-corrected chi connectivity index (χ0v) is 25.9. The van der Waals surface area contributed by atoms with Crippen LogP contribution in [0.1, 0.15) is 68.8 Å². The Labute approximate surface area is 255 Å². The average Bonchev–Trinajstić information content (AvgIpc) is 3.21. The van der Waals surface area contributed by atoms with Gasteiger partial charge in [-0.1, -0.05) is 12.5 Å². The third kappa shape index (κ3) is 8.59. The second-order valence-electron chi connectivity index (χ2n) is 11.6. The highest BCUT2D eigenvalue weighted by molar-refractivity contribution is 9.10. The lowest BCUT2D eigenvalue weighted by Gasteiger charge is -2.25. The van der Waals surface area contributed by atoms with Gasteiger partial charge in [0.25, 0.3) is 0 Å². The van der Waals surface area contributed by atoms with Crippen molar-refractivity contribution >= 4 is 44.8 Å². The summed E-state index contributed by atoms with van der Waals surface area (Å²) in [5, 5.41) is 15.8. The number of ether oxygens (including phenoxy) is 1. The molecule has 0 spiro atoms. The minimum Gasteiger partial charge on any atom is -0.478 e. The number of alkyl halides is 3. The number of amides is 1. The number of likely N-dealkylation sites (tertiary alicyclic amines) is 1. The molecule has 1 saturated heterocycles. The molecular weight excluding hydrogens is 633 g/mol. The summed E-state index contributed by atoms with van der Waals surface area (Å²) in [7, 11) is 0. The first kappa shape index (κ1) is 32.5. The topological polar surface area (TPSA) is 132 Å². The molecule has 14 heteroatoms. The lowest BCUT2D eigenvalue weighted by Crippen LogP contribution is -2.36. The molecule has 0 unspecified atom stereocenters. The van der Waals surface area contributed by atoms with Gasteiger partial charge in [0.15, 0.2) is 0 Å². The van der Waals surface area contributed by atoms with Gasteiger partial charge in [0, 0.05) is 42.5 Å². The van der Waals surface area contributed by atoms with Crippen molar-refractivity contribution in [3.05, 3.63) is 40.1 Å².